The van der Waals surface area contributed by atoms with Crippen molar-refractivity contribution in [3.63, 3.8) is 0 Å². The molecule has 0 unspecified atom stereocenters. The second-order valence-corrected chi connectivity index (χ2v) is 4.07. The molecule has 0 heterocycles. The van der Waals surface area contributed by atoms with Gasteiger partial charge >= 0.3 is 0 Å². The minimum absolute atomic E-state index is 0.225. The van der Waals surface area contributed by atoms with Crippen LogP contribution in [0.25, 0.3) is 0 Å². The lowest BCUT2D eigenvalue weighted by Gasteiger charge is -2.12. The lowest BCUT2D eigenvalue weighted by Crippen LogP contribution is -2.09. The predicted molar refractivity (Wildman–Crippen MR) is 72.0 cm³/mol. The van der Waals surface area contributed by atoms with Crippen LogP contribution in [0.3, 0.4) is 0 Å². The highest BCUT2D eigenvalue weighted by Gasteiger charge is 2.13. The van der Waals surface area contributed by atoms with E-state index in [1.165, 1.54) is 0 Å². The fraction of sp³-hybridized carbons (Fsp3) is 0.312. The van der Waals surface area contributed by atoms with Crippen molar-refractivity contribution in [3.8, 4) is 0 Å². The van der Waals surface area contributed by atoms with E-state index in [2.05, 4.69) is 13.3 Å². The molecule has 0 amide bonds. The molecule has 4 radical (unpaired) electrons. The van der Waals surface area contributed by atoms with Gasteiger partial charge < -0.3 is 0 Å². The summed E-state index contributed by atoms with van der Waals surface area (Å²) in [7, 11) is 0. The summed E-state index contributed by atoms with van der Waals surface area (Å²) in [5, 5.41) is 0. The molecule has 1 nitrogen and oxygen atoms in total. The molecule has 0 saturated heterocycles. The van der Waals surface area contributed by atoms with Crippen molar-refractivity contribution in [1.29, 1.82) is 0 Å². The van der Waals surface area contributed by atoms with Crippen molar-refractivity contribution in [3.05, 3.63) is 61.6 Å². The fourth-order valence-corrected chi connectivity index (χ4v) is 1.66. The largest absolute Gasteiger partial charge is 0.294 e. The zero-order valence-electron chi connectivity index (χ0n) is 10.6. The molecule has 0 aromatic heterocycles. The molecule has 0 spiro atoms. The quantitative estimate of drug-likeness (QED) is 0.483. The minimum atomic E-state index is 0.225. The number of hydrogen-bond acceptors (Lipinski definition) is 1. The number of benzene rings is 1. The SMILES string of the molecule is C[CH][CH][CH][CH][C@@H](CC)CC(=O)c1ccccc1. The molecule has 1 heteroatoms. The highest BCUT2D eigenvalue weighted by atomic mass is 16.1. The van der Waals surface area contributed by atoms with Crippen LogP contribution in [-0.4, -0.2) is 5.78 Å². The molecule has 1 aromatic rings. The van der Waals surface area contributed by atoms with Gasteiger partial charge in [-0.25, -0.2) is 0 Å². The molecule has 0 aliphatic carbocycles. The van der Waals surface area contributed by atoms with Crippen LogP contribution in [0.5, 0.6) is 0 Å². The molecular weight excluding hydrogens is 208 g/mol. The summed E-state index contributed by atoms with van der Waals surface area (Å²) in [6.07, 6.45) is 9.70. The molecular formula is C16H20O. The van der Waals surface area contributed by atoms with Crippen LogP contribution in [0.2, 0.25) is 0 Å². The van der Waals surface area contributed by atoms with Gasteiger partial charge in [0.2, 0.25) is 0 Å². The van der Waals surface area contributed by atoms with Crippen molar-refractivity contribution in [2.24, 2.45) is 5.92 Å². The molecule has 1 aromatic carbocycles. The van der Waals surface area contributed by atoms with Crippen LogP contribution < -0.4 is 0 Å². The summed E-state index contributed by atoms with van der Waals surface area (Å²) < 4.78 is 0. The van der Waals surface area contributed by atoms with Gasteiger partial charge in [0.15, 0.2) is 5.78 Å². The van der Waals surface area contributed by atoms with Crippen molar-refractivity contribution in [2.75, 3.05) is 0 Å². The van der Waals surface area contributed by atoms with Crippen LogP contribution >= 0.6 is 0 Å². The minimum Gasteiger partial charge on any atom is -0.294 e. The van der Waals surface area contributed by atoms with Gasteiger partial charge in [0.05, 0.1) is 0 Å². The van der Waals surface area contributed by atoms with Crippen LogP contribution in [0.1, 0.15) is 37.0 Å². The van der Waals surface area contributed by atoms with E-state index in [0.29, 0.717) is 12.3 Å². The zero-order valence-corrected chi connectivity index (χ0v) is 10.6. The van der Waals surface area contributed by atoms with Gasteiger partial charge in [-0.1, -0.05) is 50.6 Å². The Morgan fingerprint density at radius 3 is 2.53 bits per heavy atom. The van der Waals surface area contributed by atoms with E-state index in [4.69, 9.17) is 0 Å². The average Bonchev–Trinajstić information content (AvgIpc) is 2.38. The van der Waals surface area contributed by atoms with Gasteiger partial charge in [-0.05, 0) is 31.6 Å². The fourth-order valence-electron chi connectivity index (χ4n) is 1.66. The molecule has 1 atom stereocenters. The summed E-state index contributed by atoms with van der Waals surface area (Å²) in [5.74, 6) is 0.557. The second-order valence-electron chi connectivity index (χ2n) is 4.07. The third-order valence-corrected chi connectivity index (χ3v) is 2.75. The summed E-state index contributed by atoms with van der Waals surface area (Å²) in [6, 6.07) is 9.50. The molecule has 17 heavy (non-hydrogen) atoms. The lowest BCUT2D eigenvalue weighted by molar-refractivity contribution is 0.0966. The number of rotatable bonds is 8. The Labute approximate surface area is 105 Å². The Bertz CT molecular complexity index is 316. The number of carbonyl (C=O) groups is 1. The summed E-state index contributed by atoms with van der Waals surface area (Å²) in [5.41, 5.74) is 0.811. The summed E-state index contributed by atoms with van der Waals surface area (Å²) in [6.45, 7) is 4.10. The lowest BCUT2D eigenvalue weighted by atomic mass is 9.91. The van der Waals surface area contributed by atoms with Gasteiger partial charge in [-0.3, -0.25) is 4.79 Å². The molecule has 0 aliphatic heterocycles. The Hall–Kier alpha value is -1.11. The van der Waals surface area contributed by atoms with E-state index in [-0.39, 0.29) is 5.78 Å². The highest BCUT2D eigenvalue weighted by Crippen LogP contribution is 2.18. The maximum Gasteiger partial charge on any atom is 0.163 e. The molecule has 0 fully saturated rings. The van der Waals surface area contributed by atoms with E-state index < -0.39 is 0 Å². The molecule has 0 bridgehead atoms. The van der Waals surface area contributed by atoms with Gasteiger partial charge in [0, 0.05) is 12.0 Å². The van der Waals surface area contributed by atoms with E-state index in [1.807, 2.05) is 56.5 Å². The van der Waals surface area contributed by atoms with Crippen molar-refractivity contribution in [2.45, 2.75) is 26.7 Å². The first-order valence-corrected chi connectivity index (χ1v) is 6.15. The van der Waals surface area contributed by atoms with E-state index in [9.17, 15) is 4.79 Å². The van der Waals surface area contributed by atoms with E-state index in [0.717, 1.165) is 12.0 Å². The Balaban J connectivity index is 2.42. The predicted octanol–water partition coefficient (Wildman–Crippen LogP) is 4.12. The molecule has 0 saturated carbocycles. The van der Waals surface area contributed by atoms with Crippen molar-refractivity contribution in [1.82, 2.24) is 0 Å². The highest BCUT2D eigenvalue weighted by molar-refractivity contribution is 5.96. The number of unbranched alkanes of at least 4 members (excludes halogenated alkanes) is 2. The third-order valence-electron chi connectivity index (χ3n) is 2.75. The molecule has 0 aliphatic rings. The van der Waals surface area contributed by atoms with Gasteiger partial charge in [0.1, 0.15) is 0 Å². The standard InChI is InChI=1S/C16H20O/c1-3-5-7-10-14(4-2)13-16(17)15-11-8-6-9-12-15/h3,5-12,14H,4,13H2,1-2H3/t14-/m1/s1. The number of hydrogen-bond donors (Lipinski definition) is 0. The normalized spacial score (nSPS) is 12.4. The second kappa shape index (κ2) is 8.05. The first kappa shape index (κ1) is 14.0. The third kappa shape index (κ3) is 5.16. The number of ketones is 1. The number of Topliss-reactive ketones (excluding diaryl/α,β-unsaturated/α-hetero) is 1. The monoisotopic (exact) mass is 228 g/mol. The van der Waals surface area contributed by atoms with Crippen LogP contribution in [0.15, 0.2) is 30.3 Å². The zero-order chi connectivity index (χ0) is 12.5. The van der Waals surface area contributed by atoms with E-state index >= 15 is 0 Å². The summed E-state index contributed by atoms with van der Waals surface area (Å²) >= 11 is 0. The van der Waals surface area contributed by atoms with Gasteiger partial charge in [0.25, 0.3) is 0 Å². The van der Waals surface area contributed by atoms with Crippen LogP contribution in [-0.2, 0) is 0 Å². The Kier molecular flexibility index (Phi) is 6.61. The summed E-state index contributed by atoms with van der Waals surface area (Å²) in [4.78, 5) is 12.0. The topological polar surface area (TPSA) is 17.1 Å². The Morgan fingerprint density at radius 2 is 1.94 bits per heavy atom. The molecule has 0 N–H and O–H groups in total. The van der Waals surface area contributed by atoms with Gasteiger partial charge in [-0.15, -0.1) is 0 Å². The number of carbonyl (C=O) groups excluding carboxylic acids is 1. The van der Waals surface area contributed by atoms with Crippen molar-refractivity contribution < 1.29 is 4.79 Å². The van der Waals surface area contributed by atoms with E-state index in [1.54, 1.807) is 0 Å². The van der Waals surface area contributed by atoms with Crippen molar-refractivity contribution >= 4 is 5.78 Å². The first-order chi connectivity index (χ1) is 8.27. The molecule has 90 valence electrons. The average molecular weight is 228 g/mol. The maximum absolute atomic E-state index is 12.0. The smallest absolute Gasteiger partial charge is 0.163 e. The first-order valence-electron chi connectivity index (χ1n) is 6.15. The van der Waals surface area contributed by atoms with Gasteiger partial charge in [-0.2, -0.15) is 0 Å². The van der Waals surface area contributed by atoms with Crippen LogP contribution in [0, 0.1) is 31.6 Å². The van der Waals surface area contributed by atoms with Crippen LogP contribution in [0.4, 0.5) is 0 Å². The maximum atomic E-state index is 12.0. The molecule has 1 rings (SSSR count). The Morgan fingerprint density at radius 1 is 1.24 bits per heavy atom.